The molecule has 4 heteroatoms. The van der Waals surface area contributed by atoms with Gasteiger partial charge in [0, 0.05) is 19.2 Å². The molecule has 1 aromatic rings. The number of methoxy groups -OCH3 is 1. The highest BCUT2D eigenvalue weighted by Crippen LogP contribution is 2.25. The van der Waals surface area contributed by atoms with Crippen molar-refractivity contribution in [1.29, 1.82) is 0 Å². The van der Waals surface area contributed by atoms with Gasteiger partial charge in [0.2, 0.25) is 0 Å². The van der Waals surface area contributed by atoms with Crippen LogP contribution in [0.1, 0.15) is 31.9 Å². The molecule has 1 aromatic carbocycles. The van der Waals surface area contributed by atoms with E-state index in [0.717, 1.165) is 12.0 Å². The van der Waals surface area contributed by atoms with Gasteiger partial charge >= 0.3 is 0 Å². The van der Waals surface area contributed by atoms with Crippen LogP contribution in [0.15, 0.2) is 18.2 Å². The average molecular weight is 267 g/mol. The lowest BCUT2D eigenvalue weighted by molar-refractivity contribution is 0.0658. The first kappa shape index (κ1) is 14.3. The predicted molar refractivity (Wildman–Crippen MR) is 72.9 cm³/mol. The van der Waals surface area contributed by atoms with Crippen LogP contribution >= 0.6 is 0 Å². The van der Waals surface area contributed by atoms with Gasteiger partial charge in [0.15, 0.2) is 11.6 Å². The second-order valence-electron chi connectivity index (χ2n) is 5.30. The molecule has 2 atom stereocenters. The number of halogens is 1. The Morgan fingerprint density at radius 2 is 2.21 bits per heavy atom. The molecule has 1 aliphatic heterocycles. The maximum atomic E-state index is 13.7. The van der Waals surface area contributed by atoms with Crippen LogP contribution in [0.2, 0.25) is 0 Å². The molecular formula is C15H22FNO2. The highest BCUT2D eigenvalue weighted by molar-refractivity contribution is 5.30. The van der Waals surface area contributed by atoms with E-state index in [1.807, 2.05) is 6.07 Å². The van der Waals surface area contributed by atoms with Crippen molar-refractivity contribution in [3.8, 4) is 5.75 Å². The summed E-state index contributed by atoms with van der Waals surface area (Å²) >= 11 is 0. The van der Waals surface area contributed by atoms with E-state index in [9.17, 15) is 4.39 Å². The predicted octanol–water partition coefficient (Wildman–Crippen LogP) is 2.91. The molecule has 0 amide bonds. The Morgan fingerprint density at radius 3 is 2.84 bits per heavy atom. The molecule has 0 spiro atoms. The van der Waals surface area contributed by atoms with E-state index in [-0.39, 0.29) is 17.7 Å². The van der Waals surface area contributed by atoms with E-state index in [4.69, 9.17) is 9.47 Å². The van der Waals surface area contributed by atoms with Crippen molar-refractivity contribution in [2.45, 2.75) is 32.4 Å². The molecule has 1 aliphatic rings. The molecule has 0 radical (unpaired) electrons. The molecule has 0 aliphatic carbocycles. The molecule has 2 rings (SSSR count). The van der Waals surface area contributed by atoms with Crippen molar-refractivity contribution in [1.82, 2.24) is 5.32 Å². The van der Waals surface area contributed by atoms with Gasteiger partial charge in [0.05, 0.1) is 13.2 Å². The summed E-state index contributed by atoms with van der Waals surface area (Å²) in [6.07, 6.45) is 0.899. The Labute approximate surface area is 114 Å². The lowest BCUT2D eigenvalue weighted by atomic mass is 10.0. The van der Waals surface area contributed by atoms with Gasteiger partial charge in [-0.25, -0.2) is 4.39 Å². The standard InChI is InChI=1S/C15H22FNO2/c1-10(2)13-6-7-19-15(9-17-13)11-4-5-14(18-3)12(16)8-11/h4-5,8,10,13,15,17H,6-7,9H2,1-3H3. The summed E-state index contributed by atoms with van der Waals surface area (Å²) < 4.78 is 24.5. The number of hydrogen-bond donors (Lipinski definition) is 1. The van der Waals surface area contributed by atoms with Gasteiger partial charge in [-0.1, -0.05) is 19.9 Å². The molecule has 1 heterocycles. The lowest BCUT2D eigenvalue weighted by Gasteiger charge is -2.20. The van der Waals surface area contributed by atoms with Gasteiger partial charge < -0.3 is 14.8 Å². The Morgan fingerprint density at radius 1 is 1.42 bits per heavy atom. The van der Waals surface area contributed by atoms with Crippen LogP contribution in [0.3, 0.4) is 0 Å². The molecule has 0 bridgehead atoms. The minimum absolute atomic E-state index is 0.0934. The van der Waals surface area contributed by atoms with Crippen molar-refractivity contribution < 1.29 is 13.9 Å². The fourth-order valence-corrected chi connectivity index (χ4v) is 2.42. The van der Waals surface area contributed by atoms with Crippen molar-refractivity contribution in [2.24, 2.45) is 5.92 Å². The Hall–Kier alpha value is -1.13. The first-order valence-electron chi connectivity index (χ1n) is 6.80. The van der Waals surface area contributed by atoms with Crippen LogP contribution in [0.4, 0.5) is 4.39 Å². The number of rotatable bonds is 3. The summed E-state index contributed by atoms with van der Waals surface area (Å²) in [6.45, 7) is 5.82. The summed E-state index contributed by atoms with van der Waals surface area (Å²) in [5.74, 6) is 0.508. The summed E-state index contributed by atoms with van der Waals surface area (Å²) in [7, 11) is 1.47. The van der Waals surface area contributed by atoms with E-state index in [1.165, 1.54) is 13.2 Å². The van der Waals surface area contributed by atoms with Gasteiger partial charge in [-0.05, 0) is 30.0 Å². The van der Waals surface area contributed by atoms with Crippen LogP contribution in [-0.4, -0.2) is 26.3 Å². The molecule has 2 unspecified atom stereocenters. The van der Waals surface area contributed by atoms with Crippen molar-refractivity contribution in [2.75, 3.05) is 20.3 Å². The minimum Gasteiger partial charge on any atom is -0.494 e. The SMILES string of the molecule is COc1ccc(C2CNC(C(C)C)CCO2)cc1F. The Balaban J connectivity index is 2.08. The van der Waals surface area contributed by atoms with E-state index >= 15 is 0 Å². The Bertz CT molecular complexity index is 423. The van der Waals surface area contributed by atoms with Crippen molar-refractivity contribution >= 4 is 0 Å². The number of benzene rings is 1. The van der Waals surface area contributed by atoms with E-state index < -0.39 is 0 Å². The minimum atomic E-state index is -0.340. The van der Waals surface area contributed by atoms with Crippen LogP contribution < -0.4 is 10.1 Å². The Kier molecular flexibility index (Phi) is 4.77. The number of ether oxygens (including phenoxy) is 2. The second kappa shape index (κ2) is 6.35. The van der Waals surface area contributed by atoms with E-state index in [1.54, 1.807) is 6.07 Å². The van der Waals surface area contributed by atoms with Crippen molar-refractivity contribution in [3.05, 3.63) is 29.6 Å². The topological polar surface area (TPSA) is 30.5 Å². The molecule has 0 aromatic heterocycles. The quantitative estimate of drug-likeness (QED) is 0.913. The number of hydrogen-bond acceptors (Lipinski definition) is 3. The largest absolute Gasteiger partial charge is 0.494 e. The average Bonchev–Trinajstić information content (AvgIpc) is 2.64. The van der Waals surface area contributed by atoms with Crippen LogP contribution in [0.5, 0.6) is 5.75 Å². The normalized spacial score (nSPS) is 24.3. The molecule has 1 N–H and O–H groups in total. The van der Waals surface area contributed by atoms with Gasteiger partial charge in [0.1, 0.15) is 0 Å². The van der Waals surface area contributed by atoms with E-state index in [2.05, 4.69) is 19.2 Å². The van der Waals surface area contributed by atoms with Crippen LogP contribution in [-0.2, 0) is 4.74 Å². The molecule has 1 fully saturated rings. The third kappa shape index (κ3) is 3.45. The van der Waals surface area contributed by atoms with Gasteiger partial charge in [0.25, 0.3) is 0 Å². The zero-order valence-electron chi connectivity index (χ0n) is 11.8. The van der Waals surface area contributed by atoms with Crippen LogP contribution in [0.25, 0.3) is 0 Å². The van der Waals surface area contributed by atoms with E-state index in [0.29, 0.717) is 25.1 Å². The fraction of sp³-hybridized carbons (Fsp3) is 0.600. The molecular weight excluding hydrogens is 245 g/mol. The third-order valence-electron chi connectivity index (χ3n) is 3.67. The fourth-order valence-electron chi connectivity index (χ4n) is 2.42. The van der Waals surface area contributed by atoms with Gasteiger partial charge in [-0.3, -0.25) is 0 Å². The highest BCUT2D eigenvalue weighted by atomic mass is 19.1. The number of nitrogens with one attached hydrogen (secondary N) is 1. The summed E-state index contributed by atoms with van der Waals surface area (Å²) in [4.78, 5) is 0. The molecule has 3 nitrogen and oxygen atoms in total. The first-order chi connectivity index (χ1) is 9.11. The third-order valence-corrected chi connectivity index (χ3v) is 3.67. The summed E-state index contributed by atoms with van der Waals surface area (Å²) in [5, 5.41) is 3.50. The smallest absolute Gasteiger partial charge is 0.165 e. The summed E-state index contributed by atoms with van der Waals surface area (Å²) in [6, 6.07) is 5.48. The van der Waals surface area contributed by atoms with Gasteiger partial charge in [-0.2, -0.15) is 0 Å². The zero-order valence-corrected chi connectivity index (χ0v) is 11.8. The highest BCUT2D eigenvalue weighted by Gasteiger charge is 2.22. The van der Waals surface area contributed by atoms with Crippen LogP contribution in [0, 0.1) is 11.7 Å². The summed E-state index contributed by atoms with van der Waals surface area (Å²) in [5.41, 5.74) is 0.857. The maximum absolute atomic E-state index is 13.7. The molecule has 106 valence electrons. The van der Waals surface area contributed by atoms with Gasteiger partial charge in [-0.15, -0.1) is 0 Å². The second-order valence-corrected chi connectivity index (χ2v) is 5.30. The molecule has 0 saturated carbocycles. The zero-order chi connectivity index (χ0) is 13.8. The molecule has 1 saturated heterocycles. The maximum Gasteiger partial charge on any atom is 0.165 e. The van der Waals surface area contributed by atoms with Crippen molar-refractivity contribution in [3.63, 3.8) is 0 Å². The monoisotopic (exact) mass is 267 g/mol. The first-order valence-corrected chi connectivity index (χ1v) is 6.80. The molecule has 19 heavy (non-hydrogen) atoms. The lowest BCUT2D eigenvalue weighted by Crippen LogP contribution is -2.34.